The van der Waals surface area contributed by atoms with Gasteiger partial charge in [0, 0.05) is 0 Å². The number of allylic oxidation sites excluding steroid dienone is 1. The lowest BCUT2D eigenvalue weighted by Crippen LogP contribution is -1.96. The molecule has 1 aromatic rings. The largest absolute Gasteiger partial charge is 0.490 e. The molecule has 0 aliphatic carbocycles. The van der Waals surface area contributed by atoms with Crippen LogP contribution in [0.4, 0.5) is 0 Å². The van der Waals surface area contributed by atoms with Gasteiger partial charge in [0.15, 0.2) is 0 Å². The van der Waals surface area contributed by atoms with Crippen molar-refractivity contribution in [3.05, 3.63) is 47.6 Å². The lowest BCUT2D eigenvalue weighted by atomic mass is 10.2. The van der Waals surface area contributed by atoms with Crippen LogP contribution in [-0.2, 0) is 4.79 Å². The van der Waals surface area contributed by atoms with E-state index in [-0.39, 0.29) is 6.61 Å². The molecular weight excluding hydrogens is 216 g/mol. The lowest BCUT2D eigenvalue weighted by Gasteiger charge is -2.04. The number of benzene rings is 1. The Morgan fingerprint density at radius 3 is 2.65 bits per heavy atom. The second kappa shape index (κ2) is 7.41. The maximum Gasteiger partial charge on any atom is 0.142 e. The summed E-state index contributed by atoms with van der Waals surface area (Å²) in [7, 11) is 0. The van der Waals surface area contributed by atoms with Gasteiger partial charge in [-0.2, -0.15) is 0 Å². The molecule has 0 aliphatic rings. The van der Waals surface area contributed by atoms with Crippen molar-refractivity contribution in [3.8, 4) is 5.75 Å². The molecule has 1 rings (SSSR count). The van der Waals surface area contributed by atoms with Crippen molar-refractivity contribution >= 4 is 12.4 Å². The average Bonchev–Trinajstić information content (AvgIpc) is 2.37. The van der Waals surface area contributed by atoms with Crippen molar-refractivity contribution in [2.75, 3.05) is 13.2 Å². The Balaban J connectivity index is 2.51. The standard InChI is InChI=1S/C14H16O3/c1-12(11-16)8-10-17-14-6-4-13(5-7-14)3-2-9-15/h2-9,16H,10-11H2,1H3/b3-2+,12-8+. The second-order valence-electron chi connectivity index (χ2n) is 3.58. The first-order valence-corrected chi connectivity index (χ1v) is 5.37. The van der Waals surface area contributed by atoms with Gasteiger partial charge in [-0.05, 0) is 42.3 Å². The Morgan fingerprint density at radius 1 is 1.35 bits per heavy atom. The molecule has 1 aromatic carbocycles. The van der Waals surface area contributed by atoms with Gasteiger partial charge < -0.3 is 9.84 Å². The summed E-state index contributed by atoms with van der Waals surface area (Å²) in [6, 6.07) is 7.43. The topological polar surface area (TPSA) is 46.5 Å². The van der Waals surface area contributed by atoms with Crippen LogP contribution in [0.25, 0.3) is 6.08 Å². The predicted molar refractivity (Wildman–Crippen MR) is 67.9 cm³/mol. The van der Waals surface area contributed by atoms with Crippen LogP contribution in [0.1, 0.15) is 12.5 Å². The molecule has 0 spiro atoms. The third kappa shape index (κ3) is 5.13. The van der Waals surface area contributed by atoms with E-state index >= 15 is 0 Å². The van der Waals surface area contributed by atoms with Gasteiger partial charge in [-0.15, -0.1) is 0 Å². The zero-order valence-corrected chi connectivity index (χ0v) is 9.80. The van der Waals surface area contributed by atoms with Gasteiger partial charge in [-0.3, -0.25) is 4.79 Å². The summed E-state index contributed by atoms with van der Waals surface area (Å²) in [5.41, 5.74) is 1.84. The van der Waals surface area contributed by atoms with Gasteiger partial charge in [0.1, 0.15) is 18.6 Å². The van der Waals surface area contributed by atoms with Gasteiger partial charge in [-0.25, -0.2) is 0 Å². The molecule has 0 saturated carbocycles. The second-order valence-corrected chi connectivity index (χ2v) is 3.58. The number of hydrogen-bond donors (Lipinski definition) is 1. The highest BCUT2D eigenvalue weighted by atomic mass is 16.5. The monoisotopic (exact) mass is 232 g/mol. The number of rotatable bonds is 6. The van der Waals surface area contributed by atoms with Gasteiger partial charge in [0.05, 0.1) is 6.61 Å². The van der Waals surface area contributed by atoms with Crippen molar-refractivity contribution in [1.82, 2.24) is 0 Å². The van der Waals surface area contributed by atoms with E-state index in [0.29, 0.717) is 6.61 Å². The first-order valence-electron chi connectivity index (χ1n) is 5.37. The number of ether oxygens (including phenoxy) is 1. The molecule has 0 bridgehead atoms. The van der Waals surface area contributed by atoms with E-state index in [1.807, 2.05) is 37.3 Å². The van der Waals surface area contributed by atoms with Crippen molar-refractivity contribution in [1.29, 1.82) is 0 Å². The van der Waals surface area contributed by atoms with E-state index in [4.69, 9.17) is 9.84 Å². The highest BCUT2D eigenvalue weighted by Gasteiger charge is 1.92. The number of aldehydes is 1. The van der Waals surface area contributed by atoms with Crippen LogP contribution < -0.4 is 4.74 Å². The summed E-state index contributed by atoms with van der Waals surface area (Å²) in [5, 5.41) is 8.79. The number of hydrogen-bond acceptors (Lipinski definition) is 3. The van der Waals surface area contributed by atoms with Gasteiger partial charge in [0.25, 0.3) is 0 Å². The van der Waals surface area contributed by atoms with Crippen LogP contribution in [0.2, 0.25) is 0 Å². The molecule has 0 radical (unpaired) electrons. The van der Waals surface area contributed by atoms with Gasteiger partial charge >= 0.3 is 0 Å². The molecule has 0 atom stereocenters. The maximum atomic E-state index is 10.1. The minimum Gasteiger partial charge on any atom is -0.490 e. The molecule has 0 aromatic heterocycles. The van der Waals surface area contributed by atoms with Crippen molar-refractivity contribution in [2.45, 2.75) is 6.92 Å². The van der Waals surface area contributed by atoms with Crippen molar-refractivity contribution in [3.63, 3.8) is 0 Å². The molecule has 0 fully saturated rings. The highest BCUT2D eigenvalue weighted by molar-refractivity contribution is 5.73. The minimum absolute atomic E-state index is 0.0544. The normalized spacial score (nSPS) is 11.8. The molecule has 3 nitrogen and oxygen atoms in total. The zero-order valence-electron chi connectivity index (χ0n) is 9.80. The number of carbonyl (C=O) groups is 1. The minimum atomic E-state index is 0.0544. The fourth-order valence-electron chi connectivity index (χ4n) is 1.17. The molecule has 1 N–H and O–H groups in total. The highest BCUT2D eigenvalue weighted by Crippen LogP contribution is 2.13. The molecule has 0 heterocycles. The molecule has 17 heavy (non-hydrogen) atoms. The zero-order chi connectivity index (χ0) is 12.5. The summed E-state index contributed by atoms with van der Waals surface area (Å²) < 4.78 is 5.46. The summed E-state index contributed by atoms with van der Waals surface area (Å²) >= 11 is 0. The summed E-state index contributed by atoms with van der Waals surface area (Å²) in [4.78, 5) is 10.1. The molecule has 0 amide bonds. The van der Waals surface area contributed by atoms with E-state index in [0.717, 1.165) is 23.2 Å². The Kier molecular flexibility index (Phi) is 5.75. The fourth-order valence-corrected chi connectivity index (χ4v) is 1.17. The molecule has 0 saturated heterocycles. The van der Waals surface area contributed by atoms with Crippen LogP contribution in [-0.4, -0.2) is 24.6 Å². The Hall–Kier alpha value is -1.87. The third-order valence-electron chi connectivity index (χ3n) is 2.18. The first kappa shape index (κ1) is 13.2. The summed E-state index contributed by atoms with van der Waals surface area (Å²) in [6.45, 7) is 2.34. The van der Waals surface area contributed by atoms with E-state index in [9.17, 15) is 4.79 Å². The average molecular weight is 232 g/mol. The quantitative estimate of drug-likeness (QED) is 0.464. The molecular formula is C14H16O3. The predicted octanol–water partition coefficient (Wildman–Crippen LogP) is 2.22. The molecule has 0 aliphatic heterocycles. The number of aliphatic hydroxyl groups is 1. The molecule has 0 unspecified atom stereocenters. The SMILES string of the molecule is C/C(=C\COc1ccc(/C=C/C=O)cc1)CO. The molecule has 90 valence electrons. The van der Waals surface area contributed by atoms with E-state index < -0.39 is 0 Å². The number of carbonyl (C=O) groups excluding carboxylic acids is 1. The van der Waals surface area contributed by atoms with Crippen LogP contribution in [0, 0.1) is 0 Å². The van der Waals surface area contributed by atoms with Crippen LogP contribution in [0.15, 0.2) is 42.0 Å². The van der Waals surface area contributed by atoms with Crippen LogP contribution in [0.3, 0.4) is 0 Å². The summed E-state index contributed by atoms with van der Waals surface area (Å²) in [5.74, 6) is 0.759. The van der Waals surface area contributed by atoms with Crippen molar-refractivity contribution in [2.24, 2.45) is 0 Å². The van der Waals surface area contributed by atoms with E-state index in [1.54, 1.807) is 6.08 Å². The summed E-state index contributed by atoms with van der Waals surface area (Å²) in [6.07, 6.45) is 5.75. The van der Waals surface area contributed by atoms with Crippen LogP contribution >= 0.6 is 0 Å². The Bertz CT molecular complexity index is 402. The smallest absolute Gasteiger partial charge is 0.142 e. The first-order chi connectivity index (χ1) is 8.26. The molecule has 3 heteroatoms. The Morgan fingerprint density at radius 2 is 2.06 bits per heavy atom. The fraction of sp³-hybridized carbons (Fsp3) is 0.214. The number of aliphatic hydroxyl groups excluding tert-OH is 1. The van der Waals surface area contributed by atoms with Crippen LogP contribution in [0.5, 0.6) is 5.75 Å². The van der Waals surface area contributed by atoms with Gasteiger partial charge in [0.2, 0.25) is 0 Å². The lowest BCUT2D eigenvalue weighted by molar-refractivity contribution is -0.104. The van der Waals surface area contributed by atoms with Gasteiger partial charge in [-0.1, -0.05) is 18.2 Å². The van der Waals surface area contributed by atoms with E-state index in [1.165, 1.54) is 6.08 Å². The maximum absolute atomic E-state index is 10.1. The Labute approximate surface area is 101 Å². The van der Waals surface area contributed by atoms with E-state index in [2.05, 4.69) is 0 Å². The van der Waals surface area contributed by atoms with Crippen molar-refractivity contribution < 1.29 is 14.6 Å². The third-order valence-corrected chi connectivity index (χ3v) is 2.18.